The van der Waals surface area contributed by atoms with Gasteiger partial charge in [0.2, 0.25) is 0 Å². The first-order chi connectivity index (χ1) is 8.02. The van der Waals surface area contributed by atoms with Crippen molar-refractivity contribution in [1.82, 2.24) is 9.80 Å². The SMILES string of the molecule is Cc1csc2[n+]1C1C(=O)N(C)C(=O)N(C)C1=N2. The number of rotatable bonds is 0. The maximum absolute atomic E-state index is 12.2. The van der Waals surface area contributed by atoms with E-state index in [-0.39, 0.29) is 11.9 Å². The van der Waals surface area contributed by atoms with Crippen molar-refractivity contribution in [3.8, 4) is 0 Å². The number of likely N-dealkylation sites (N-methyl/N-ethyl adjacent to an activating group) is 2. The van der Waals surface area contributed by atoms with Gasteiger partial charge in [-0.2, -0.15) is 4.57 Å². The van der Waals surface area contributed by atoms with Crippen molar-refractivity contribution in [3.63, 3.8) is 0 Å². The van der Waals surface area contributed by atoms with Crippen molar-refractivity contribution in [3.05, 3.63) is 11.1 Å². The molecule has 0 radical (unpaired) electrons. The third-order valence-corrected chi connectivity index (χ3v) is 4.07. The van der Waals surface area contributed by atoms with Crippen molar-refractivity contribution < 1.29 is 14.2 Å². The number of amides is 3. The summed E-state index contributed by atoms with van der Waals surface area (Å²) < 4.78 is 1.88. The Hall–Kier alpha value is -1.76. The van der Waals surface area contributed by atoms with E-state index in [0.717, 1.165) is 15.7 Å². The van der Waals surface area contributed by atoms with Crippen molar-refractivity contribution in [1.29, 1.82) is 0 Å². The van der Waals surface area contributed by atoms with E-state index in [2.05, 4.69) is 4.99 Å². The molecule has 3 amide bonds. The first kappa shape index (κ1) is 10.4. The van der Waals surface area contributed by atoms with Crippen LogP contribution < -0.4 is 4.57 Å². The number of fused-ring (bicyclic) bond motifs is 3. The quantitative estimate of drug-likeness (QED) is 0.629. The fourth-order valence-corrected chi connectivity index (χ4v) is 3.05. The van der Waals surface area contributed by atoms with Gasteiger partial charge in [-0.15, -0.1) is 0 Å². The molecule has 2 aliphatic rings. The first-order valence-electron chi connectivity index (χ1n) is 5.16. The van der Waals surface area contributed by atoms with E-state index in [1.54, 1.807) is 7.05 Å². The highest BCUT2D eigenvalue weighted by Gasteiger charge is 2.53. The molecule has 1 aromatic rings. The van der Waals surface area contributed by atoms with Crippen LogP contribution in [0.25, 0.3) is 0 Å². The number of aryl methyl sites for hydroxylation is 1. The summed E-state index contributed by atoms with van der Waals surface area (Å²) in [4.78, 5) is 30.9. The average Bonchev–Trinajstić information content (AvgIpc) is 2.84. The van der Waals surface area contributed by atoms with Crippen LogP contribution >= 0.6 is 11.3 Å². The molecule has 0 aromatic carbocycles. The molecular formula is C10H11N4O2S+. The van der Waals surface area contributed by atoms with Crippen molar-refractivity contribution in [2.45, 2.75) is 13.0 Å². The highest BCUT2D eigenvalue weighted by molar-refractivity contribution is 7.13. The Kier molecular flexibility index (Phi) is 1.91. The monoisotopic (exact) mass is 251 g/mol. The van der Waals surface area contributed by atoms with Gasteiger partial charge in [-0.05, 0) is 11.9 Å². The molecule has 6 nitrogen and oxygen atoms in total. The number of hydrogen-bond acceptors (Lipinski definition) is 4. The second kappa shape index (κ2) is 3.13. The molecule has 0 aliphatic carbocycles. The summed E-state index contributed by atoms with van der Waals surface area (Å²) in [6.45, 7) is 1.93. The molecule has 1 atom stereocenters. The Morgan fingerprint density at radius 2 is 2.06 bits per heavy atom. The lowest BCUT2D eigenvalue weighted by molar-refractivity contribution is -0.679. The minimum atomic E-state index is -0.482. The lowest BCUT2D eigenvalue weighted by Gasteiger charge is -2.29. The third kappa shape index (κ3) is 1.14. The second-order valence-corrected chi connectivity index (χ2v) is 4.98. The molecule has 0 N–H and O–H groups in total. The molecule has 0 spiro atoms. The van der Waals surface area contributed by atoms with Gasteiger partial charge in [0.25, 0.3) is 17.8 Å². The molecule has 1 saturated heterocycles. The Balaban J connectivity index is 2.18. The number of urea groups is 1. The fourth-order valence-electron chi connectivity index (χ4n) is 2.15. The fraction of sp³-hybridized carbons (Fsp3) is 0.400. The molecule has 1 unspecified atom stereocenters. The van der Waals surface area contributed by atoms with Crippen LogP contribution in [0.2, 0.25) is 0 Å². The van der Waals surface area contributed by atoms with Crippen molar-refractivity contribution >= 4 is 34.2 Å². The van der Waals surface area contributed by atoms with Gasteiger partial charge in [0, 0.05) is 19.5 Å². The van der Waals surface area contributed by atoms with Crippen molar-refractivity contribution in [2.24, 2.45) is 4.99 Å². The van der Waals surface area contributed by atoms with Gasteiger partial charge in [-0.25, -0.2) is 4.79 Å². The van der Waals surface area contributed by atoms with E-state index in [9.17, 15) is 9.59 Å². The number of aromatic nitrogens is 1. The van der Waals surface area contributed by atoms with Crippen LogP contribution in [0.4, 0.5) is 9.93 Å². The van der Waals surface area contributed by atoms with Gasteiger partial charge in [0.05, 0.1) is 0 Å². The summed E-state index contributed by atoms with van der Waals surface area (Å²) in [7, 11) is 3.14. The number of aliphatic imine (C=N–C) groups is 1. The molecule has 3 heterocycles. The largest absolute Gasteiger partial charge is 0.385 e. The predicted octanol–water partition coefficient (Wildman–Crippen LogP) is 0.453. The van der Waals surface area contributed by atoms with Gasteiger partial charge >= 0.3 is 11.2 Å². The smallest absolute Gasteiger partial charge is 0.269 e. The van der Waals surface area contributed by atoms with Crippen LogP contribution in [-0.2, 0) is 4.79 Å². The maximum atomic E-state index is 12.2. The highest BCUT2D eigenvalue weighted by atomic mass is 32.1. The molecule has 0 bridgehead atoms. The predicted molar refractivity (Wildman–Crippen MR) is 61.3 cm³/mol. The molecule has 1 aromatic heterocycles. The van der Waals surface area contributed by atoms with Crippen LogP contribution in [0.5, 0.6) is 0 Å². The number of carbonyl (C=O) groups excluding carboxylic acids is 2. The van der Waals surface area contributed by atoms with E-state index in [1.165, 1.54) is 23.3 Å². The van der Waals surface area contributed by atoms with Crippen LogP contribution in [0.1, 0.15) is 11.7 Å². The zero-order chi connectivity index (χ0) is 12.3. The van der Waals surface area contributed by atoms with Crippen LogP contribution in [0.15, 0.2) is 10.4 Å². The Bertz CT molecular complexity index is 577. The molecule has 0 saturated carbocycles. The van der Waals surface area contributed by atoms with Crippen LogP contribution in [-0.4, -0.2) is 41.7 Å². The first-order valence-corrected chi connectivity index (χ1v) is 6.04. The summed E-state index contributed by atoms with van der Waals surface area (Å²) in [5.41, 5.74) is 0.984. The maximum Gasteiger partial charge on any atom is 0.385 e. The molecule has 88 valence electrons. The molecule has 1 fully saturated rings. The summed E-state index contributed by atoms with van der Waals surface area (Å²) in [6.07, 6.45) is 0. The molecule has 3 rings (SSSR count). The number of imide groups is 1. The van der Waals surface area contributed by atoms with E-state index >= 15 is 0 Å². The van der Waals surface area contributed by atoms with Crippen LogP contribution in [0.3, 0.4) is 0 Å². The van der Waals surface area contributed by atoms with Gasteiger partial charge < -0.3 is 0 Å². The molecule has 2 aliphatic heterocycles. The minimum absolute atomic E-state index is 0.225. The normalized spacial score (nSPS) is 22.8. The van der Waals surface area contributed by atoms with Gasteiger partial charge in [-0.3, -0.25) is 14.6 Å². The minimum Gasteiger partial charge on any atom is -0.269 e. The van der Waals surface area contributed by atoms with E-state index in [4.69, 9.17) is 0 Å². The summed E-state index contributed by atoms with van der Waals surface area (Å²) in [5, 5.41) is 2.73. The van der Waals surface area contributed by atoms with E-state index in [0.29, 0.717) is 5.84 Å². The molecule has 7 heteroatoms. The van der Waals surface area contributed by atoms with Gasteiger partial charge in [0.1, 0.15) is 5.69 Å². The van der Waals surface area contributed by atoms with Crippen molar-refractivity contribution in [2.75, 3.05) is 14.1 Å². The topological polar surface area (TPSA) is 56.9 Å². The highest BCUT2D eigenvalue weighted by Crippen LogP contribution is 2.31. The summed E-state index contributed by atoms with van der Waals surface area (Å²) in [5.74, 6) is 0.296. The number of thiazole rings is 1. The summed E-state index contributed by atoms with van der Waals surface area (Å²) in [6, 6.07) is -0.817. The lowest BCUT2D eigenvalue weighted by Crippen LogP contribution is -2.62. The van der Waals surface area contributed by atoms with Crippen LogP contribution in [0, 0.1) is 6.92 Å². The Morgan fingerprint density at radius 3 is 2.76 bits per heavy atom. The third-order valence-electron chi connectivity index (χ3n) is 3.12. The van der Waals surface area contributed by atoms with E-state index in [1.807, 2.05) is 16.9 Å². The molecule has 17 heavy (non-hydrogen) atoms. The lowest BCUT2D eigenvalue weighted by atomic mass is 10.1. The number of carbonyl (C=O) groups is 2. The zero-order valence-corrected chi connectivity index (χ0v) is 10.5. The van der Waals surface area contributed by atoms with Gasteiger partial charge in [-0.1, -0.05) is 11.3 Å². The Labute approximate surface area is 102 Å². The zero-order valence-electron chi connectivity index (χ0n) is 9.67. The molecular weight excluding hydrogens is 240 g/mol. The van der Waals surface area contributed by atoms with Gasteiger partial charge in [0.15, 0.2) is 0 Å². The Morgan fingerprint density at radius 1 is 1.35 bits per heavy atom. The number of amidine groups is 1. The number of hydrogen-bond donors (Lipinski definition) is 0. The number of nitrogens with zero attached hydrogens (tertiary/aromatic N) is 4. The average molecular weight is 251 g/mol. The second-order valence-electron chi connectivity index (χ2n) is 4.14. The standard InChI is InChI=1S/C10H11N4O2S/c1-5-4-17-9-11-7-6(14(5)9)8(15)13(3)10(16)12(7)2/h4,6H,1-3H3/q+1. The summed E-state index contributed by atoms with van der Waals surface area (Å²) >= 11 is 1.48. The van der Waals surface area contributed by atoms with E-state index < -0.39 is 6.04 Å².